The maximum Gasteiger partial charge on any atom is 0.271 e. The normalized spacial score (nSPS) is 10.9. The fourth-order valence-electron chi connectivity index (χ4n) is 1.82. The van der Waals surface area contributed by atoms with Crippen LogP contribution in [0.2, 0.25) is 0 Å². The van der Waals surface area contributed by atoms with Crippen LogP contribution in [0.15, 0.2) is 46.3 Å². The van der Waals surface area contributed by atoms with Crippen molar-refractivity contribution in [1.29, 1.82) is 0 Å². The van der Waals surface area contributed by atoms with E-state index in [9.17, 15) is 4.79 Å². The van der Waals surface area contributed by atoms with Gasteiger partial charge in [-0.15, -0.1) is 0 Å². The molecule has 0 amide bonds. The first-order chi connectivity index (χ1) is 9.10. The number of aromatic nitrogens is 1. The van der Waals surface area contributed by atoms with Crippen LogP contribution in [0.5, 0.6) is 5.75 Å². The van der Waals surface area contributed by atoms with E-state index in [0.29, 0.717) is 0 Å². The second kappa shape index (κ2) is 5.52. The summed E-state index contributed by atoms with van der Waals surface area (Å²) >= 11 is 0. The topological polar surface area (TPSA) is 43.6 Å². The molecule has 2 aromatic rings. The summed E-state index contributed by atoms with van der Waals surface area (Å²) in [5, 5.41) is 4.21. The molecule has 1 heterocycles. The van der Waals surface area contributed by atoms with E-state index in [4.69, 9.17) is 4.74 Å². The maximum absolute atomic E-state index is 11.8. The average Bonchev–Trinajstić information content (AvgIpc) is 2.38. The molecule has 0 saturated heterocycles. The lowest BCUT2D eigenvalue weighted by atomic mass is 10.2. The van der Waals surface area contributed by atoms with Gasteiger partial charge in [0.25, 0.3) is 5.56 Å². The molecule has 0 saturated carbocycles. The van der Waals surface area contributed by atoms with E-state index in [1.165, 1.54) is 4.68 Å². The van der Waals surface area contributed by atoms with Gasteiger partial charge in [0.15, 0.2) is 0 Å². The predicted octanol–water partition coefficient (Wildman–Crippen LogP) is 2.36. The summed E-state index contributed by atoms with van der Waals surface area (Å²) in [5.41, 5.74) is 2.54. The van der Waals surface area contributed by atoms with E-state index in [0.717, 1.165) is 22.6 Å². The maximum atomic E-state index is 11.8. The van der Waals surface area contributed by atoms with Gasteiger partial charge in [0.05, 0.1) is 13.3 Å². The third-order valence-electron chi connectivity index (χ3n) is 2.77. The Labute approximate surface area is 112 Å². The van der Waals surface area contributed by atoms with Crippen molar-refractivity contribution in [3.8, 4) is 5.75 Å². The summed E-state index contributed by atoms with van der Waals surface area (Å²) in [5.74, 6) is 0.792. The Morgan fingerprint density at radius 2 is 1.84 bits per heavy atom. The summed E-state index contributed by atoms with van der Waals surface area (Å²) in [4.78, 5) is 11.8. The first-order valence-corrected chi connectivity index (χ1v) is 5.99. The molecule has 0 aliphatic rings. The third-order valence-corrected chi connectivity index (χ3v) is 2.77. The minimum Gasteiger partial charge on any atom is -0.497 e. The average molecular weight is 256 g/mol. The zero-order valence-electron chi connectivity index (χ0n) is 11.3. The Morgan fingerprint density at radius 3 is 2.42 bits per heavy atom. The van der Waals surface area contributed by atoms with Gasteiger partial charge in [0.2, 0.25) is 0 Å². The van der Waals surface area contributed by atoms with Crippen LogP contribution in [0, 0.1) is 13.8 Å². The Kier molecular flexibility index (Phi) is 3.80. The Balaban J connectivity index is 2.29. The molecular weight excluding hydrogens is 240 g/mol. The van der Waals surface area contributed by atoms with Crippen molar-refractivity contribution < 1.29 is 4.74 Å². The highest BCUT2D eigenvalue weighted by atomic mass is 16.5. The lowest BCUT2D eigenvalue weighted by molar-refractivity contribution is 0.415. The number of pyridine rings is 1. The van der Waals surface area contributed by atoms with Gasteiger partial charge in [-0.2, -0.15) is 5.10 Å². The smallest absolute Gasteiger partial charge is 0.271 e. The second-order valence-electron chi connectivity index (χ2n) is 4.34. The highest BCUT2D eigenvalue weighted by molar-refractivity contribution is 5.79. The molecule has 2 rings (SSSR count). The molecular formula is C15H16N2O2. The summed E-state index contributed by atoms with van der Waals surface area (Å²) < 4.78 is 6.47. The van der Waals surface area contributed by atoms with Gasteiger partial charge >= 0.3 is 0 Å². The highest BCUT2D eigenvalue weighted by Gasteiger charge is 1.99. The fraction of sp³-hybridized carbons (Fsp3) is 0.200. The summed E-state index contributed by atoms with van der Waals surface area (Å²) in [6.07, 6.45) is 1.66. The molecule has 0 bridgehead atoms. The van der Waals surface area contributed by atoms with Crippen LogP contribution >= 0.6 is 0 Å². The van der Waals surface area contributed by atoms with Crippen LogP contribution in [0.4, 0.5) is 0 Å². The van der Waals surface area contributed by atoms with Crippen molar-refractivity contribution in [3.63, 3.8) is 0 Å². The van der Waals surface area contributed by atoms with Gasteiger partial charge in [-0.1, -0.05) is 0 Å². The number of ether oxygens (including phenoxy) is 1. The van der Waals surface area contributed by atoms with Crippen LogP contribution in [0.25, 0.3) is 0 Å². The summed E-state index contributed by atoms with van der Waals surface area (Å²) in [7, 11) is 1.62. The van der Waals surface area contributed by atoms with Crippen molar-refractivity contribution in [3.05, 3.63) is 63.6 Å². The van der Waals surface area contributed by atoms with Crippen LogP contribution in [0.1, 0.15) is 16.8 Å². The van der Waals surface area contributed by atoms with E-state index in [1.54, 1.807) is 19.4 Å². The number of methoxy groups -OCH3 is 1. The molecule has 0 radical (unpaired) electrons. The quantitative estimate of drug-likeness (QED) is 0.791. The monoisotopic (exact) mass is 256 g/mol. The minimum absolute atomic E-state index is 0.123. The molecule has 0 N–H and O–H groups in total. The molecule has 19 heavy (non-hydrogen) atoms. The van der Waals surface area contributed by atoms with E-state index in [1.807, 2.05) is 44.2 Å². The molecule has 1 aromatic heterocycles. The lowest BCUT2D eigenvalue weighted by Crippen LogP contribution is -2.18. The molecule has 0 fully saturated rings. The van der Waals surface area contributed by atoms with Gasteiger partial charge in [-0.3, -0.25) is 4.79 Å². The molecule has 4 heteroatoms. The molecule has 1 aromatic carbocycles. The molecule has 0 unspecified atom stereocenters. The number of rotatable bonds is 3. The lowest BCUT2D eigenvalue weighted by Gasteiger charge is -2.04. The molecule has 0 aliphatic carbocycles. The van der Waals surface area contributed by atoms with E-state index >= 15 is 0 Å². The van der Waals surface area contributed by atoms with Crippen molar-refractivity contribution in [2.75, 3.05) is 7.11 Å². The van der Waals surface area contributed by atoms with E-state index < -0.39 is 0 Å². The number of hydrogen-bond donors (Lipinski definition) is 0. The molecule has 0 atom stereocenters. The summed E-state index contributed by atoms with van der Waals surface area (Å²) in [6, 6.07) is 11.0. The third kappa shape index (κ3) is 3.10. The first-order valence-electron chi connectivity index (χ1n) is 5.99. The van der Waals surface area contributed by atoms with Gasteiger partial charge in [-0.05, 0) is 55.3 Å². The standard InChI is InChI=1S/C15H16N2O2/c1-11-8-12(2)17(15(18)9-11)16-10-13-4-6-14(19-3)7-5-13/h4-10H,1-3H3/b16-10-. The fourth-order valence-corrected chi connectivity index (χ4v) is 1.82. The largest absolute Gasteiger partial charge is 0.497 e. The number of hydrogen-bond acceptors (Lipinski definition) is 3. The predicted molar refractivity (Wildman–Crippen MR) is 76.2 cm³/mol. The Bertz CT molecular complexity index is 655. The first kappa shape index (κ1) is 13.1. The molecule has 0 aliphatic heterocycles. The highest BCUT2D eigenvalue weighted by Crippen LogP contribution is 2.09. The summed E-state index contributed by atoms with van der Waals surface area (Å²) in [6.45, 7) is 3.76. The van der Waals surface area contributed by atoms with Gasteiger partial charge in [0.1, 0.15) is 5.75 Å². The number of benzene rings is 1. The Morgan fingerprint density at radius 1 is 1.16 bits per heavy atom. The SMILES string of the molecule is COc1ccc(/C=N\n2c(C)cc(C)cc2=O)cc1. The van der Waals surface area contributed by atoms with Crippen LogP contribution in [-0.4, -0.2) is 18.0 Å². The van der Waals surface area contributed by atoms with Gasteiger partial charge in [-0.25, -0.2) is 4.68 Å². The van der Waals surface area contributed by atoms with Crippen LogP contribution in [-0.2, 0) is 0 Å². The second-order valence-corrected chi connectivity index (χ2v) is 4.34. The Hall–Kier alpha value is -2.36. The van der Waals surface area contributed by atoms with Crippen molar-refractivity contribution in [1.82, 2.24) is 4.68 Å². The van der Waals surface area contributed by atoms with Crippen LogP contribution < -0.4 is 10.3 Å². The van der Waals surface area contributed by atoms with Crippen molar-refractivity contribution in [2.24, 2.45) is 5.10 Å². The number of aryl methyl sites for hydroxylation is 2. The molecule has 4 nitrogen and oxygen atoms in total. The van der Waals surface area contributed by atoms with Crippen LogP contribution in [0.3, 0.4) is 0 Å². The van der Waals surface area contributed by atoms with E-state index in [2.05, 4.69) is 5.10 Å². The molecule has 0 spiro atoms. The molecule has 98 valence electrons. The van der Waals surface area contributed by atoms with Gasteiger partial charge < -0.3 is 4.74 Å². The van der Waals surface area contributed by atoms with Crippen molar-refractivity contribution in [2.45, 2.75) is 13.8 Å². The van der Waals surface area contributed by atoms with Gasteiger partial charge in [0, 0.05) is 11.8 Å². The van der Waals surface area contributed by atoms with Crippen molar-refractivity contribution >= 4 is 6.21 Å². The number of nitrogens with zero attached hydrogens (tertiary/aromatic N) is 2. The minimum atomic E-state index is -0.123. The zero-order chi connectivity index (χ0) is 13.8. The van der Waals surface area contributed by atoms with E-state index in [-0.39, 0.29) is 5.56 Å². The zero-order valence-corrected chi connectivity index (χ0v) is 11.3.